The molecule has 0 bridgehead atoms. The predicted octanol–water partition coefficient (Wildman–Crippen LogP) is 1.48. The van der Waals surface area contributed by atoms with Crippen molar-refractivity contribution in [2.24, 2.45) is 5.73 Å². The van der Waals surface area contributed by atoms with E-state index in [1.165, 1.54) is 11.8 Å². The lowest BCUT2D eigenvalue weighted by molar-refractivity contribution is -0.117. The number of nitrogens with two attached hydrogens (primary N) is 1. The largest absolute Gasteiger partial charge is 0.383 e. The van der Waals surface area contributed by atoms with Crippen LogP contribution in [0, 0.1) is 0 Å². The van der Waals surface area contributed by atoms with Crippen molar-refractivity contribution in [3.05, 3.63) is 41.7 Å². The van der Waals surface area contributed by atoms with Crippen LogP contribution in [0.2, 0.25) is 0 Å². The van der Waals surface area contributed by atoms with Crippen LogP contribution < -0.4 is 5.73 Å². The average Bonchev–Trinajstić information content (AvgIpc) is 2.88. The van der Waals surface area contributed by atoms with Gasteiger partial charge in [0.15, 0.2) is 5.16 Å². The topological polar surface area (TPSA) is 83.0 Å². The highest BCUT2D eigenvalue weighted by atomic mass is 32.2. The number of carbonyl (C=O) groups excluding carboxylic acids is 1. The quantitative estimate of drug-likeness (QED) is 0.745. The van der Waals surface area contributed by atoms with Gasteiger partial charge in [-0.2, -0.15) is 0 Å². The Labute approximate surface area is 134 Å². The maximum absolute atomic E-state index is 11.2. The molecule has 0 aliphatic rings. The number of amides is 1. The van der Waals surface area contributed by atoms with Crippen molar-refractivity contribution in [2.75, 3.05) is 13.7 Å². The van der Waals surface area contributed by atoms with E-state index in [2.05, 4.69) is 10.2 Å². The summed E-state index contributed by atoms with van der Waals surface area (Å²) in [5, 5.41) is 8.80. The highest BCUT2D eigenvalue weighted by Gasteiger charge is 2.18. The van der Waals surface area contributed by atoms with Crippen molar-refractivity contribution in [3.8, 4) is 0 Å². The van der Waals surface area contributed by atoms with Gasteiger partial charge in [-0.1, -0.05) is 42.1 Å². The fourth-order valence-corrected chi connectivity index (χ4v) is 2.78. The molecule has 0 aliphatic carbocycles. The molecule has 6 nitrogen and oxygen atoms in total. The first-order valence-electron chi connectivity index (χ1n) is 7.02. The molecule has 2 aromatic rings. The molecule has 1 heterocycles. The smallest absolute Gasteiger partial charge is 0.230 e. The number of ether oxygens (including phenoxy) is 1. The first-order chi connectivity index (χ1) is 10.6. The molecule has 1 aromatic carbocycles. The van der Waals surface area contributed by atoms with Crippen LogP contribution in [0.4, 0.5) is 0 Å². The molecule has 118 valence electrons. The normalized spacial score (nSPS) is 12.3. The standard InChI is InChI=1S/C15H20N4O2S/c1-11(14(16)20)22-15-18-17-13(19(15)8-9-21-2)10-12-6-4-3-5-7-12/h3-7,11H,8-10H2,1-2H3,(H2,16,20)/t11-/m0/s1. The number of primary amides is 1. The van der Waals surface area contributed by atoms with E-state index in [1.54, 1.807) is 14.0 Å². The lowest BCUT2D eigenvalue weighted by Crippen LogP contribution is -2.23. The molecule has 2 N–H and O–H groups in total. The van der Waals surface area contributed by atoms with Gasteiger partial charge in [0, 0.05) is 20.1 Å². The van der Waals surface area contributed by atoms with Gasteiger partial charge in [0.05, 0.1) is 11.9 Å². The molecular formula is C15H20N4O2S. The fraction of sp³-hybridized carbons (Fsp3) is 0.400. The summed E-state index contributed by atoms with van der Waals surface area (Å²) < 4.78 is 7.14. The van der Waals surface area contributed by atoms with E-state index in [1.807, 2.05) is 34.9 Å². The number of nitrogens with zero attached hydrogens (tertiary/aromatic N) is 3. The van der Waals surface area contributed by atoms with Crippen LogP contribution in [0.15, 0.2) is 35.5 Å². The summed E-state index contributed by atoms with van der Waals surface area (Å²) in [6, 6.07) is 10.1. The average molecular weight is 320 g/mol. The molecule has 1 atom stereocenters. The molecule has 2 rings (SSSR count). The van der Waals surface area contributed by atoms with E-state index in [4.69, 9.17) is 10.5 Å². The Morgan fingerprint density at radius 3 is 2.73 bits per heavy atom. The van der Waals surface area contributed by atoms with Crippen LogP contribution in [-0.2, 0) is 22.5 Å². The number of hydrogen-bond acceptors (Lipinski definition) is 5. The van der Waals surface area contributed by atoms with E-state index < -0.39 is 0 Å². The van der Waals surface area contributed by atoms with Gasteiger partial charge in [-0.3, -0.25) is 4.79 Å². The van der Waals surface area contributed by atoms with Gasteiger partial charge in [-0.05, 0) is 12.5 Å². The van der Waals surface area contributed by atoms with E-state index in [9.17, 15) is 4.79 Å². The molecule has 1 amide bonds. The van der Waals surface area contributed by atoms with Gasteiger partial charge in [0.2, 0.25) is 5.91 Å². The number of benzene rings is 1. The summed E-state index contributed by atoms with van der Waals surface area (Å²) in [6.07, 6.45) is 0.684. The maximum Gasteiger partial charge on any atom is 0.230 e. The van der Waals surface area contributed by atoms with Crippen LogP contribution in [0.5, 0.6) is 0 Å². The monoisotopic (exact) mass is 320 g/mol. The Bertz CT molecular complexity index is 615. The number of rotatable bonds is 8. The first kappa shape index (κ1) is 16.5. The Morgan fingerprint density at radius 1 is 1.36 bits per heavy atom. The summed E-state index contributed by atoms with van der Waals surface area (Å²) in [5.74, 6) is 0.485. The minimum absolute atomic E-state index is 0.352. The highest BCUT2D eigenvalue weighted by Crippen LogP contribution is 2.23. The van der Waals surface area contributed by atoms with Crippen molar-refractivity contribution >= 4 is 17.7 Å². The van der Waals surface area contributed by atoms with Crippen LogP contribution in [-0.4, -0.2) is 39.6 Å². The van der Waals surface area contributed by atoms with Gasteiger partial charge in [0.25, 0.3) is 0 Å². The molecule has 0 unspecified atom stereocenters. The molecule has 1 aromatic heterocycles. The van der Waals surface area contributed by atoms with Gasteiger partial charge >= 0.3 is 0 Å². The van der Waals surface area contributed by atoms with Crippen molar-refractivity contribution in [1.29, 1.82) is 0 Å². The van der Waals surface area contributed by atoms with E-state index in [0.717, 1.165) is 11.4 Å². The van der Waals surface area contributed by atoms with Crippen LogP contribution in [0.25, 0.3) is 0 Å². The van der Waals surface area contributed by atoms with E-state index >= 15 is 0 Å². The lowest BCUT2D eigenvalue weighted by atomic mass is 10.1. The Kier molecular flexibility index (Phi) is 5.97. The SMILES string of the molecule is COCCn1c(Cc2ccccc2)nnc1S[C@@H](C)C(N)=O. The zero-order valence-corrected chi connectivity index (χ0v) is 13.5. The lowest BCUT2D eigenvalue weighted by Gasteiger charge is -2.11. The molecule has 0 radical (unpaired) electrons. The zero-order valence-electron chi connectivity index (χ0n) is 12.7. The first-order valence-corrected chi connectivity index (χ1v) is 7.90. The number of methoxy groups -OCH3 is 1. The van der Waals surface area contributed by atoms with Crippen molar-refractivity contribution in [3.63, 3.8) is 0 Å². The second-order valence-electron chi connectivity index (χ2n) is 4.87. The highest BCUT2D eigenvalue weighted by molar-refractivity contribution is 8.00. The van der Waals surface area contributed by atoms with Crippen LogP contribution in [0.3, 0.4) is 0 Å². The number of carbonyl (C=O) groups is 1. The summed E-state index contributed by atoms with van der Waals surface area (Å²) in [7, 11) is 1.65. The van der Waals surface area contributed by atoms with Gasteiger partial charge < -0.3 is 15.0 Å². The Hall–Kier alpha value is -1.86. The van der Waals surface area contributed by atoms with E-state index in [-0.39, 0.29) is 11.2 Å². The van der Waals surface area contributed by atoms with Crippen LogP contribution >= 0.6 is 11.8 Å². The summed E-state index contributed by atoms with van der Waals surface area (Å²) in [6.45, 7) is 2.96. The molecular weight excluding hydrogens is 300 g/mol. The Balaban J connectivity index is 2.21. The molecule has 0 saturated heterocycles. The zero-order chi connectivity index (χ0) is 15.9. The molecule has 0 aliphatic heterocycles. The maximum atomic E-state index is 11.2. The summed E-state index contributed by atoms with van der Waals surface area (Å²) in [5.41, 5.74) is 6.48. The van der Waals surface area contributed by atoms with Gasteiger partial charge in [-0.15, -0.1) is 10.2 Å². The second-order valence-corrected chi connectivity index (χ2v) is 6.18. The molecule has 0 saturated carbocycles. The number of hydrogen-bond donors (Lipinski definition) is 1. The molecule has 0 fully saturated rings. The summed E-state index contributed by atoms with van der Waals surface area (Å²) in [4.78, 5) is 11.2. The van der Waals surface area contributed by atoms with Crippen molar-refractivity contribution in [1.82, 2.24) is 14.8 Å². The minimum atomic E-state index is -0.365. The predicted molar refractivity (Wildman–Crippen MR) is 85.7 cm³/mol. The van der Waals surface area contributed by atoms with Crippen molar-refractivity contribution in [2.45, 2.75) is 30.3 Å². The third kappa shape index (κ3) is 4.32. The minimum Gasteiger partial charge on any atom is -0.383 e. The number of thioether (sulfide) groups is 1. The second kappa shape index (κ2) is 7.95. The fourth-order valence-electron chi connectivity index (χ4n) is 1.94. The van der Waals surface area contributed by atoms with Gasteiger partial charge in [-0.25, -0.2) is 0 Å². The van der Waals surface area contributed by atoms with Crippen LogP contribution in [0.1, 0.15) is 18.3 Å². The molecule has 22 heavy (non-hydrogen) atoms. The van der Waals surface area contributed by atoms with Crippen molar-refractivity contribution < 1.29 is 9.53 Å². The molecule has 7 heteroatoms. The molecule has 0 spiro atoms. The van der Waals surface area contributed by atoms with Gasteiger partial charge in [0.1, 0.15) is 5.82 Å². The third-order valence-corrected chi connectivity index (χ3v) is 4.30. The van der Waals surface area contributed by atoms with E-state index in [0.29, 0.717) is 24.7 Å². The summed E-state index contributed by atoms with van der Waals surface area (Å²) >= 11 is 1.32. The Morgan fingerprint density at radius 2 is 2.09 bits per heavy atom. The number of aromatic nitrogens is 3. The third-order valence-electron chi connectivity index (χ3n) is 3.20.